The molecule has 1 fully saturated rings. The lowest BCUT2D eigenvalue weighted by molar-refractivity contribution is -0.137. The number of carbonyl (C=O) groups is 1. The highest BCUT2D eigenvalue weighted by molar-refractivity contribution is 5.66. The van der Waals surface area contributed by atoms with Crippen molar-refractivity contribution in [2.24, 2.45) is 5.92 Å². The van der Waals surface area contributed by atoms with Crippen molar-refractivity contribution in [1.82, 2.24) is 5.32 Å². The molecule has 0 aromatic heterocycles. The van der Waals surface area contributed by atoms with Crippen LogP contribution in [0.5, 0.6) is 17.2 Å². The van der Waals surface area contributed by atoms with Gasteiger partial charge in [-0.05, 0) is 55.1 Å². The lowest BCUT2D eigenvalue weighted by Crippen LogP contribution is -2.38. The fourth-order valence-corrected chi connectivity index (χ4v) is 6.77. The van der Waals surface area contributed by atoms with Gasteiger partial charge in [-0.2, -0.15) is 0 Å². The molecule has 0 radical (unpaired) electrons. The summed E-state index contributed by atoms with van der Waals surface area (Å²) in [6.45, 7) is 5.02. The van der Waals surface area contributed by atoms with Crippen molar-refractivity contribution < 1.29 is 28.5 Å². The largest absolute Gasteiger partial charge is 0.493 e. The minimum Gasteiger partial charge on any atom is -0.493 e. The van der Waals surface area contributed by atoms with E-state index in [0.29, 0.717) is 24.9 Å². The quantitative estimate of drug-likeness (QED) is 0.108. The smallest absolute Gasteiger partial charge is 0.303 e. The Bertz CT molecular complexity index is 1110. The first-order valence-corrected chi connectivity index (χ1v) is 19.3. The van der Waals surface area contributed by atoms with E-state index >= 15 is 0 Å². The number of benzene rings is 2. The Balaban J connectivity index is 0.000000260. The Hall–Kier alpha value is -2.80. The molecule has 0 spiro atoms. The third kappa shape index (κ3) is 17.0. The Morgan fingerprint density at radius 3 is 1.88 bits per heavy atom. The minimum atomic E-state index is -0.651. The first-order valence-electron chi connectivity index (χ1n) is 19.3. The molecule has 4 rings (SSSR count). The summed E-state index contributed by atoms with van der Waals surface area (Å²) in [5.74, 6) is 2.14. The maximum Gasteiger partial charge on any atom is 0.303 e. The zero-order valence-corrected chi connectivity index (χ0v) is 29.8. The van der Waals surface area contributed by atoms with E-state index in [-0.39, 0.29) is 12.6 Å². The summed E-state index contributed by atoms with van der Waals surface area (Å²) in [5, 5.41) is 12.0. The molecule has 7 heteroatoms. The first-order chi connectivity index (χ1) is 23.6. The fourth-order valence-electron chi connectivity index (χ4n) is 6.77. The Morgan fingerprint density at radius 2 is 1.31 bits per heavy atom. The highest BCUT2D eigenvalue weighted by Crippen LogP contribution is 2.36. The number of hydrogen-bond donors (Lipinski definition) is 2. The molecule has 2 atom stereocenters. The van der Waals surface area contributed by atoms with E-state index in [9.17, 15) is 9.18 Å². The molecule has 0 bridgehead atoms. The highest BCUT2D eigenvalue weighted by Gasteiger charge is 2.27. The molecule has 0 aliphatic carbocycles. The molecule has 2 aromatic rings. The number of fused-ring (bicyclic) bond motifs is 1. The van der Waals surface area contributed by atoms with Gasteiger partial charge in [-0.1, -0.05) is 135 Å². The lowest BCUT2D eigenvalue weighted by atomic mass is 9.81. The van der Waals surface area contributed by atoms with E-state index < -0.39 is 5.97 Å². The number of piperidine rings is 1. The molecule has 2 aliphatic rings. The van der Waals surface area contributed by atoms with E-state index in [4.69, 9.17) is 19.3 Å². The van der Waals surface area contributed by atoms with Crippen LogP contribution in [0.4, 0.5) is 4.39 Å². The maximum atomic E-state index is 13.2. The molecule has 2 N–H and O–H groups in total. The Kier molecular flexibility index (Phi) is 20.8. The minimum absolute atomic E-state index is 0.194. The van der Waals surface area contributed by atoms with E-state index in [1.54, 1.807) is 0 Å². The van der Waals surface area contributed by atoms with Crippen molar-refractivity contribution in [1.29, 1.82) is 0 Å². The van der Waals surface area contributed by atoms with Crippen LogP contribution in [0.2, 0.25) is 0 Å². The number of rotatable bonds is 24. The molecular formula is C41H64FNO5. The Labute approximate surface area is 290 Å². The Morgan fingerprint density at radius 1 is 0.771 bits per heavy atom. The first kappa shape index (κ1) is 39.6. The lowest BCUT2D eigenvalue weighted by Gasteiger charge is -2.32. The van der Waals surface area contributed by atoms with Crippen molar-refractivity contribution in [2.45, 2.75) is 148 Å². The van der Waals surface area contributed by atoms with Gasteiger partial charge in [0.2, 0.25) is 6.79 Å². The van der Waals surface area contributed by atoms with Crippen molar-refractivity contribution in [3.8, 4) is 17.2 Å². The van der Waals surface area contributed by atoms with E-state index in [2.05, 4.69) is 12.2 Å². The normalized spacial score (nSPS) is 16.7. The second kappa shape index (κ2) is 25.2. The summed E-state index contributed by atoms with van der Waals surface area (Å²) in [6, 6.07) is 12.5. The number of unbranched alkanes of at least 4 members (excludes halogenated alkanes) is 18. The number of aliphatic carboxylic acids is 1. The van der Waals surface area contributed by atoms with Crippen LogP contribution >= 0.6 is 0 Å². The van der Waals surface area contributed by atoms with Gasteiger partial charge in [-0.15, -0.1) is 0 Å². The molecular weight excluding hydrogens is 605 g/mol. The van der Waals surface area contributed by atoms with Gasteiger partial charge in [0, 0.05) is 24.9 Å². The van der Waals surface area contributed by atoms with Gasteiger partial charge >= 0.3 is 5.97 Å². The van der Waals surface area contributed by atoms with Crippen LogP contribution in [0, 0.1) is 11.7 Å². The highest BCUT2D eigenvalue weighted by atomic mass is 19.1. The number of ether oxygens (including phenoxy) is 3. The third-order valence-corrected chi connectivity index (χ3v) is 9.71. The van der Waals surface area contributed by atoms with Crippen LogP contribution in [-0.4, -0.2) is 37.6 Å². The predicted octanol–water partition coefficient (Wildman–Crippen LogP) is 11.2. The number of carboxylic acid groups (broad SMARTS) is 1. The summed E-state index contributed by atoms with van der Waals surface area (Å²) < 4.78 is 29.9. The molecule has 0 unspecified atom stereocenters. The molecule has 2 aliphatic heterocycles. The fraction of sp³-hybridized carbons (Fsp3) is 0.683. The number of halogens is 1. The third-order valence-electron chi connectivity index (χ3n) is 9.71. The average molecular weight is 670 g/mol. The standard InChI is InChI=1S/C22H44O2.C19H20FNO3/c1-2-3-4-5-6-7-8-9-10-11-12-13-14-15-16-17-18-19-20-21-22(23)24;20-15-3-1-13(2-4-15)17-7-8-21-10-14(17)11-22-16-5-6-18-19(9-16)24-12-23-18/h2-21H2,1H3,(H,23,24);1-6,9,14,17,21H,7-8,10-12H2/t;14-,17-/m.0/s1. The molecule has 6 nitrogen and oxygen atoms in total. The van der Waals surface area contributed by atoms with E-state index in [0.717, 1.165) is 49.6 Å². The summed E-state index contributed by atoms with van der Waals surface area (Å²) in [5.41, 5.74) is 1.18. The summed E-state index contributed by atoms with van der Waals surface area (Å²) in [6.07, 6.45) is 27.1. The van der Waals surface area contributed by atoms with Crippen LogP contribution in [0.1, 0.15) is 153 Å². The van der Waals surface area contributed by atoms with Gasteiger partial charge in [0.05, 0.1) is 6.61 Å². The van der Waals surface area contributed by atoms with Gasteiger partial charge in [-0.25, -0.2) is 4.39 Å². The monoisotopic (exact) mass is 669 g/mol. The van der Waals surface area contributed by atoms with Crippen molar-refractivity contribution in [3.05, 3.63) is 53.8 Å². The number of carboxylic acids is 1. The summed E-state index contributed by atoms with van der Waals surface area (Å²) >= 11 is 0. The van der Waals surface area contributed by atoms with Crippen LogP contribution in [0.3, 0.4) is 0 Å². The molecule has 48 heavy (non-hydrogen) atoms. The van der Waals surface area contributed by atoms with E-state index in [1.807, 2.05) is 30.3 Å². The van der Waals surface area contributed by atoms with Gasteiger partial charge in [-0.3, -0.25) is 4.79 Å². The van der Waals surface area contributed by atoms with Gasteiger partial charge < -0.3 is 24.6 Å². The molecule has 270 valence electrons. The molecule has 0 saturated carbocycles. The second-order valence-electron chi connectivity index (χ2n) is 13.7. The average Bonchev–Trinajstić information content (AvgIpc) is 3.57. The maximum absolute atomic E-state index is 13.2. The SMILES string of the molecule is CCCCCCCCCCCCCCCCCCCCCC(=O)O.Fc1ccc([C@@H]2CCNC[C@H]2COc2ccc3c(c2)OCO3)cc1. The number of hydrogen-bond acceptors (Lipinski definition) is 5. The molecule has 2 aromatic carbocycles. The summed E-state index contributed by atoms with van der Waals surface area (Å²) in [4.78, 5) is 10.4. The predicted molar refractivity (Wildman–Crippen MR) is 194 cm³/mol. The zero-order valence-electron chi connectivity index (χ0n) is 29.8. The van der Waals surface area contributed by atoms with Crippen LogP contribution < -0.4 is 19.5 Å². The molecule has 2 heterocycles. The van der Waals surface area contributed by atoms with Crippen molar-refractivity contribution in [3.63, 3.8) is 0 Å². The van der Waals surface area contributed by atoms with Gasteiger partial charge in [0.25, 0.3) is 0 Å². The summed E-state index contributed by atoms with van der Waals surface area (Å²) in [7, 11) is 0. The van der Waals surface area contributed by atoms with Crippen LogP contribution in [-0.2, 0) is 4.79 Å². The molecule has 0 amide bonds. The topological polar surface area (TPSA) is 77.0 Å². The van der Waals surface area contributed by atoms with Crippen molar-refractivity contribution >= 4 is 5.97 Å². The van der Waals surface area contributed by atoms with E-state index in [1.165, 1.54) is 127 Å². The van der Waals surface area contributed by atoms with Crippen molar-refractivity contribution in [2.75, 3.05) is 26.5 Å². The van der Waals surface area contributed by atoms with Gasteiger partial charge in [0.15, 0.2) is 11.5 Å². The van der Waals surface area contributed by atoms with Crippen LogP contribution in [0.15, 0.2) is 42.5 Å². The van der Waals surface area contributed by atoms with Gasteiger partial charge in [0.1, 0.15) is 11.6 Å². The number of nitrogens with one attached hydrogen (secondary N) is 1. The zero-order chi connectivity index (χ0) is 34.1. The van der Waals surface area contributed by atoms with Crippen LogP contribution in [0.25, 0.3) is 0 Å². The second-order valence-corrected chi connectivity index (χ2v) is 13.7. The molecule has 1 saturated heterocycles.